The van der Waals surface area contributed by atoms with Crippen molar-refractivity contribution in [3.05, 3.63) is 11.1 Å². The maximum atomic E-state index is 13.4. The van der Waals surface area contributed by atoms with E-state index in [1.165, 1.54) is 89.9 Å². The lowest BCUT2D eigenvalue weighted by molar-refractivity contribution is -0.151. The molecule has 4 saturated heterocycles. The standard InChI is InChI=1S/C43H69N5O6/c1-2-34(29-9-5-3-6-10-29)40(30-11-15-32(49)16-12-30)31-13-17-33(18-14-31)54-26-8-4-7-21-46-22-24-47(25-23-46)38-27-35-36(28-44-38)43(53)48(42(35)52)37-19-20-39(50)45-41(37)51/h29-33,35-38,44,49H,2-28H2,1H3,(H,45,50,51)/b40-34-. The number of aliphatic hydroxyl groups is 1. The molecule has 4 amide bonds. The number of likely N-dealkylation sites (tertiary alicyclic amines) is 1. The van der Waals surface area contributed by atoms with E-state index in [9.17, 15) is 24.3 Å². The van der Waals surface area contributed by atoms with E-state index in [1.807, 2.05) is 11.1 Å². The zero-order valence-corrected chi connectivity index (χ0v) is 33.1. The maximum absolute atomic E-state index is 13.4. The molecule has 54 heavy (non-hydrogen) atoms. The quantitative estimate of drug-likeness (QED) is 0.137. The largest absolute Gasteiger partial charge is 0.393 e. The minimum atomic E-state index is -0.869. The van der Waals surface area contributed by atoms with E-state index in [-0.39, 0.29) is 42.8 Å². The monoisotopic (exact) mass is 752 g/mol. The van der Waals surface area contributed by atoms with Crippen molar-refractivity contribution in [3.8, 4) is 0 Å². The van der Waals surface area contributed by atoms with Gasteiger partial charge in [-0.25, -0.2) is 0 Å². The van der Waals surface area contributed by atoms with Crippen molar-refractivity contribution in [2.75, 3.05) is 45.9 Å². The third-order valence-corrected chi connectivity index (χ3v) is 14.6. The van der Waals surface area contributed by atoms with E-state index in [4.69, 9.17) is 4.74 Å². The number of piperidine rings is 2. The highest BCUT2D eigenvalue weighted by Gasteiger charge is 2.54. The van der Waals surface area contributed by atoms with Crippen LogP contribution in [-0.2, 0) is 23.9 Å². The summed E-state index contributed by atoms with van der Waals surface area (Å²) in [5.74, 6) is -0.0301. The normalized spacial score (nSPS) is 35.6. The van der Waals surface area contributed by atoms with E-state index in [2.05, 4.69) is 27.4 Å². The van der Waals surface area contributed by atoms with Gasteiger partial charge in [0.05, 0.1) is 30.2 Å². The van der Waals surface area contributed by atoms with Crippen molar-refractivity contribution >= 4 is 23.6 Å². The number of aliphatic hydroxyl groups excluding tert-OH is 1. The van der Waals surface area contributed by atoms with Crippen LogP contribution in [0.15, 0.2) is 11.1 Å². The van der Waals surface area contributed by atoms with Crippen molar-refractivity contribution in [2.45, 2.75) is 160 Å². The number of hydrogen-bond donors (Lipinski definition) is 3. The highest BCUT2D eigenvalue weighted by atomic mass is 16.5. The van der Waals surface area contributed by atoms with Crippen molar-refractivity contribution in [3.63, 3.8) is 0 Å². The predicted molar refractivity (Wildman–Crippen MR) is 207 cm³/mol. The fourth-order valence-electron chi connectivity index (χ4n) is 11.5. The molecule has 11 nitrogen and oxygen atoms in total. The second-order valence-corrected chi connectivity index (χ2v) is 17.8. The number of amides is 4. The summed E-state index contributed by atoms with van der Waals surface area (Å²) in [5, 5.41) is 16.1. The summed E-state index contributed by atoms with van der Waals surface area (Å²) in [5.41, 5.74) is 3.67. The summed E-state index contributed by atoms with van der Waals surface area (Å²) in [4.78, 5) is 56.8. The Morgan fingerprint density at radius 2 is 1.44 bits per heavy atom. The molecule has 3 N–H and O–H groups in total. The summed E-state index contributed by atoms with van der Waals surface area (Å²) < 4.78 is 6.48. The van der Waals surface area contributed by atoms with Gasteiger partial charge in [0.1, 0.15) is 6.04 Å². The molecule has 0 radical (unpaired) electrons. The van der Waals surface area contributed by atoms with Crippen LogP contribution in [0.4, 0.5) is 0 Å². The lowest BCUT2D eigenvalue weighted by Gasteiger charge is -2.42. The number of carbonyl (C=O) groups excluding carboxylic acids is 4. The molecule has 0 aromatic rings. The van der Waals surface area contributed by atoms with E-state index >= 15 is 0 Å². The highest BCUT2D eigenvalue weighted by Crippen LogP contribution is 2.46. The van der Waals surface area contributed by atoms with Gasteiger partial charge in [-0.05, 0) is 127 Å². The zero-order valence-electron chi connectivity index (χ0n) is 33.1. The molecule has 7 fully saturated rings. The van der Waals surface area contributed by atoms with Crippen molar-refractivity contribution in [1.82, 2.24) is 25.3 Å². The molecule has 0 spiro atoms. The molecule has 4 aliphatic heterocycles. The minimum Gasteiger partial charge on any atom is -0.393 e. The molecular weight excluding hydrogens is 683 g/mol. The average Bonchev–Trinajstić information content (AvgIpc) is 3.44. The highest BCUT2D eigenvalue weighted by molar-refractivity contribution is 6.10. The van der Waals surface area contributed by atoms with Crippen LogP contribution in [0.3, 0.4) is 0 Å². The van der Waals surface area contributed by atoms with Crippen LogP contribution in [0.2, 0.25) is 0 Å². The number of imide groups is 2. The first-order valence-electron chi connectivity index (χ1n) is 22.2. The molecule has 7 aliphatic rings. The SMILES string of the molecule is CC/C(=C(\C1CCC(O)CC1)C1CCC(OCCCCCN2CCN(C3CC4C(=O)N(C5CCC(=O)NC5=O)C(=O)C4CN3)CC2)CC1)C1CCCCC1. The molecule has 0 bridgehead atoms. The van der Waals surface area contributed by atoms with Crippen LogP contribution in [0.5, 0.6) is 0 Å². The number of nitrogens with zero attached hydrogens (tertiary/aromatic N) is 3. The van der Waals surface area contributed by atoms with Gasteiger partial charge >= 0.3 is 0 Å². The number of ether oxygens (including phenoxy) is 1. The van der Waals surface area contributed by atoms with Gasteiger partial charge in [-0.1, -0.05) is 37.3 Å². The molecule has 4 unspecified atom stereocenters. The number of allylic oxidation sites excluding steroid dienone is 2. The van der Waals surface area contributed by atoms with Gasteiger partial charge in [0.25, 0.3) is 0 Å². The Morgan fingerprint density at radius 1 is 0.759 bits per heavy atom. The second-order valence-electron chi connectivity index (χ2n) is 17.8. The Labute approximate surface area is 323 Å². The smallest absolute Gasteiger partial charge is 0.249 e. The minimum absolute atomic E-state index is 0.0496. The summed E-state index contributed by atoms with van der Waals surface area (Å²) in [6.07, 6.45) is 22.2. The van der Waals surface area contributed by atoms with Crippen LogP contribution in [0, 0.1) is 29.6 Å². The Balaban J connectivity index is 0.783. The molecule has 3 aliphatic carbocycles. The summed E-state index contributed by atoms with van der Waals surface area (Å²) in [7, 11) is 0. The van der Waals surface area contributed by atoms with E-state index in [1.54, 1.807) is 0 Å². The predicted octanol–water partition coefficient (Wildman–Crippen LogP) is 4.91. The first kappa shape index (κ1) is 40.0. The Hall–Kier alpha value is -2.18. The number of rotatable bonds is 13. The van der Waals surface area contributed by atoms with Crippen LogP contribution < -0.4 is 10.6 Å². The lowest BCUT2D eigenvalue weighted by Crippen LogP contribution is -2.58. The van der Waals surface area contributed by atoms with Gasteiger partial charge in [-0.2, -0.15) is 0 Å². The van der Waals surface area contributed by atoms with Gasteiger partial charge in [0.2, 0.25) is 23.6 Å². The van der Waals surface area contributed by atoms with E-state index in [0.29, 0.717) is 25.0 Å². The molecule has 0 aromatic carbocycles. The van der Waals surface area contributed by atoms with Gasteiger partial charge in [0, 0.05) is 45.8 Å². The molecule has 0 aromatic heterocycles. The van der Waals surface area contributed by atoms with Crippen LogP contribution >= 0.6 is 0 Å². The number of piperazine rings is 1. The summed E-state index contributed by atoms with van der Waals surface area (Å²) in [6.45, 7) is 8.68. The van der Waals surface area contributed by atoms with Crippen LogP contribution in [-0.4, -0.2) is 114 Å². The molecule has 3 saturated carbocycles. The second kappa shape index (κ2) is 18.8. The number of carbonyl (C=O) groups is 4. The van der Waals surface area contributed by atoms with Crippen LogP contribution in [0.25, 0.3) is 0 Å². The summed E-state index contributed by atoms with van der Waals surface area (Å²) >= 11 is 0. The maximum Gasteiger partial charge on any atom is 0.249 e. The zero-order chi connectivity index (χ0) is 37.6. The molecule has 302 valence electrons. The number of fused-ring (bicyclic) bond motifs is 1. The van der Waals surface area contributed by atoms with Gasteiger partial charge in [-0.3, -0.25) is 34.3 Å². The molecule has 4 atom stereocenters. The van der Waals surface area contributed by atoms with Crippen molar-refractivity contribution in [1.29, 1.82) is 0 Å². The number of nitrogens with one attached hydrogen (secondary N) is 2. The molecule has 11 heteroatoms. The van der Waals surface area contributed by atoms with Crippen molar-refractivity contribution < 1.29 is 29.0 Å². The van der Waals surface area contributed by atoms with Crippen LogP contribution in [0.1, 0.15) is 135 Å². The van der Waals surface area contributed by atoms with E-state index < -0.39 is 23.8 Å². The fourth-order valence-corrected chi connectivity index (χ4v) is 11.5. The molecule has 7 rings (SSSR count). The average molecular weight is 752 g/mol. The third kappa shape index (κ3) is 9.33. The first-order chi connectivity index (χ1) is 26.3. The van der Waals surface area contributed by atoms with Gasteiger partial charge < -0.3 is 20.1 Å². The molecular formula is C43H69N5O6. The number of hydrogen-bond acceptors (Lipinski definition) is 9. The third-order valence-electron chi connectivity index (χ3n) is 14.6. The topological polar surface area (TPSA) is 132 Å². The Bertz CT molecular complexity index is 1340. The Kier molecular flexibility index (Phi) is 14.0. The van der Waals surface area contributed by atoms with E-state index in [0.717, 1.165) is 75.3 Å². The van der Waals surface area contributed by atoms with Crippen molar-refractivity contribution in [2.24, 2.45) is 29.6 Å². The number of unbranched alkanes of at least 4 members (excludes halogenated alkanes) is 2. The first-order valence-corrected chi connectivity index (χ1v) is 22.2. The lowest BCUT2D eigenvalue weighted by atomic mass is 9.68. The van der Waals surface area contributed by atoms with Gasteiger partial charge in [0.15, 0.2) is 0 Å². The van der Waals surface area contributed by atoms with Gasteiger partial charge in [-0.15, -0.1) is 0 Å². The fraction of sp³-hybridized carbons (Fsp3) is 0.860. The Morgan fingerprint density at radius 3 is 2.13 bits per heavy atom. The molecule has 4 heterocycles. The summed E-state index contributed by atoms with van der Waals surface area (Å²) in [6, 6.07) is -0.869.